The smallest absolute Gasteiger partial charge is 0.343 e. The molecule has 0 N–H and O–H groups in total. The molecule has 1 heterocycles. The van der Waals surface area contributed by atoms with Crippen LogP contribution in [0.5, 0.6) is 11.5 Å². The Bertz CT molecular complexity index is 925. The molecular formula is C21H20N2O3S. The average Bonchev–Trinajstić information content (AvgIpc) is 2.67. The zero-order chi connectivity index (χ0) is 19.2. The molecule has 3 rings (SSSR count). The minimum absolute atomic E-state index is 0.391. The molecule has 5 nitrogen and oxygen atoms in total. The van der Waals surface area contributed by atoms with Crippen LogP contribution in [0.1, 0.15) is 27.3 Å². The van der Waals surface area contributed by atoms with Gasteiger partial charge in [0.25, 0.3) is 0 Å². The Morgan fingerprint density at radius 2 is 1.67 bits per heavy atom. The molecule has 0 radical (unpaired) electrons. The van der Waals surface area contributed by atoms with Crippen LogP contribution in [0.4, 0.5) is 0 Å². The van der Waals surface area contributed by atoms with Crippen molar-refractivity contribution in [3.63, 3.8) is 0 Å². The molecule has 0 aliphatic carbocycles. The van der Waals surface area contributed by atoms with Gasteiger partial charge in [-0.05, 0) is 49.7 Å². The third-order valence-electron chi connectivity index (χ3n) is 3.77. The van der Waals surface area contributed by atoms with E-state index in [0.717, 1.165) is 22.1 Å². The van der Waals surface area contributed by atoms with Gasteiger partial charge in [0.1, 0.15) is 0 Å². The summed E-state index contributed by atoms with van der Waals surface area (Å²) >= 11 is 1.55. The molecule has 0 aliphatic heterocycles. The van der Waals surface area contributed by atoms with E-state index in [1.165, 1.54) is 0 Å². The maximum atomic E-state index is 12.2. The lowest BCUT2D eigenvalue weighted by Crippen LogP contribution is -2.09. The number of carbonyl (C=O) groups is 1. The Kier molecular flexibility index (Phi) is 6.08. The Balaban J connectivity index is 1.71. The summed E-state index contributed by atoms with van der Waals surface area (Å²) in [5.41, 5.74) is 3.42. The number of thioether (sulfide) groups is 1. The number of nitrogens with zero attached hydrogens (tertiary/aromatic N) is 2. The summed E-state index contributed by atoms with van der Waals surface area (Å²) < 4.78 is 10.9. The van der Waals surface area contributed by atoms with E-state index >= 15 is 0 Å². The Morgan fingerprint density at radius 3 is 2.33 bits per heavy atom. The van der Waals surface area contributed by atoms with Gasteiger partial charge >= 0.3 is 5.97 Å². The van der Waals surface area contributed by atoms with Crippen LogP contribution in [0, 0.1) is 13.8 Å². The lowest BCUT2D eigenvalue weighted by molar-refractivity contribution is 0.0729. The maximum Gasteiger partial charge on any atom is 0.343 e. The van der Waals surface area contributed by atoms with Crippen LogP contribution in [0.15, 0.2) is 59.8 Å². The van der Waals surface area contributed by atoms with Crippen LogP contribution in [-0.2, 0) is 5.75 Å². The number of carbonyl (C=O) groups excluding carboxylic acids is 1. The van der Waals surface area contributed by atoms with Crippen LogP contribution in [0.2, 0.25) is 0 Å². The summed E-state index contributed by atoms with van der Waals surface area (Å²) in [4.78, 5) is 21.1. The standard InChI is InChI=1S/C21H20N2O3S/c1-14-11-15(2)23-21(22-14)27-13-16-9-10-18(19(12-16)25-3)26-20(24)17-7-5-4-6-8-17/h4-12H,13H2,1-3H3. The highest BCUT2D eigenvalue weighted by molar-refractivity contribution is 7.98. The molecule has 6 heteroatoms. The second-order valence-corrected chi connectivity index (χ2v) is 6.91. The van der Waals surface area contributed by atoms with E-state index < -0.39 is 5.97 Å². The Morgan fingerprint density at radius 1 is 0.963 bits per heavy atom. The van der Waals surface area contributed by atoms with Crippen molar-refractivity contribution in [3.8, 4) is 11.5 Å². The van der Waals surface area contributed by atoms with Crippen LogP contribution in [0.3, 0.4) is 0 Å². The average molecular weight is 380 g/mol. The van der Waals surface area contributed by atoms with Gasteiger partial charge in [-0.25, -0.2) is 14.8 Å². The molecule has 0 amide bonds. The van der Waals surface area contributed by atoms with Crippen LogP contribution < -0.4 is 9.47 Å². The molecule has 2 aromatic carbocycles. The number of methoxy groups -OCH3 is 1. The fraction of sp³-hybridized carbons (Fsp3) is 0.190. The van der Waals surface area contributed by atoms with E-state index in [2.05, 4.69) is 9.97 Å². The van der Waals surface area contributed by atoms with Gasteiger partial charge in [0, 0.05) is 17.1 Å². The van der Waals surface area contributed by atoms with Gasteiger partial charge in [-0.1, -0.05) is 36.0 Å². The zero-order valence-corrected chi connectivity index (χ0v) is 16.2. The number of benzene rings is 2. The maximum absolute atomic E-state index is 12.2. The molecule has 27 heavy (non-hydrogen) atoms. The first-order chi connectivity index (χ1) is 13.0. The van der Waals surface area contributed by atoms with E-state index in [4.69, 9.17) is 9.47 Å². The van der Waals surface area contributed by atoms with Crippen molar-refractivity contribution >= 4 is 17.7 Å². The number of aromatic nitrogens is 2. The number of aryl methyl sites for hydroxylation is 2. The number of ether oxygens (including phenoxy) is 2. The quantitative estimate of drug-likeness (QED) is 0.269. The first-order valence-electron chi connectivity index (χ1n) is 8.44. The van der Waals surface area contributed by atoms with Crippen molar-refractivity contribution in [2.45, 2.75) is 24.8 Å². The van der Waals surface area contributed by atoms with E-state index in [1.54, 1.807) is 49.2 Å². The van der Waals surface area contributed by atoms with Crippen molar-refractivity contribution in [1.82, 2.24) is 9.97 Å². The number of esters is 1. The highest BCUT2D eigenvalue weighted by Crippen LogP contribution is 2.31. The largest absolute Gasteiger partial charge is 0.493 e. The summed E-state index contributed by atoms with van der Waals surface area (Å²) in [5.74, 6) is 1.17. The van der Waals surface area contributed by atoms with Crippen LogP contribution in [-0.4, -0.2) is 23.0 Å². The van der Waals surface area contributed by atoms with Crippen LogP contribution >= 0.6 is 11.8 Å². The summed E-state index contributed by atoms with van der Waals surface area (Å²) in [5, 5.41) is 0.742. The lowest BCUT2D eigenvalue weighted by Gasteiger charge is -2.11. The van der Waals surface area contributed by atoms with Crippen molar-refractivity contribution in [2.24, 2.45) is 0 Å². The first kappa shape index (κ1) is 18.9. The van der Waals surface area contributed by atoms with Crippen molar-refractivity contribution in [1.29, 1.82) is 0 Å². The molecule has 3 aromatic rings. The predicted octanol–water partition coefficient (Wildman–Crippen LogP) is 4.61. The van der Waals surface area contributed by atoms with E-state index in [1.807, 2.05) is 38.1 Å². The zero-order valence-electron chi connectivity index (χ0n) is 15.4. The van der Waals surface area contributed by atoms with Gasteiger partial charge in [0.15, 0.2) is 16.7 Å². The van der Waals surface area contributed by atoms with E-state index in [9.17, 15) is 4.79 Å². The minimum Gasteiger partial charge on any atom is -0.493 e. The molecule has 0 fully saturated rings. The molecule has 0 saturated heterocycles. The SMILES string of the molecule is COc1cc(CSc2nc(C)cc(C)n2)ccc1OC(=O)c1ccccc1. The molecular weight excluding hydrogens is 360 g/mol. The molecule has 0 saturated carbocycles. The van der Waals surface area contributed by atoms with Gasteiger partial charge in [0.2, 0.25) is 0 Å². The summed E-state index contributed by atoms with van der Waals surface area (Å²) in [6, 6.07) is 16.3. The monoisotopic (exact) mass is 380 g/mol. The fourth-order valence-electron chi connectivity index (χ4n) is 2.53. The van der Waals surface area contributed by atoms with Crippen molar-refractivity contribution < 1.29 is 14.3 Å². The highest BCUT2D eigenvalue weighted by Gasteiger charge is 2.13. The number of hydrogen-bond donors (Lipinski definition) is 0. The summed E-state index contributed by atoms with van der Waals surface area (Å²) in [6.07, 6.45) is 0. The normalized spacial score (nSPS) is 10.5. The van der Waals surface area contributed by atoms with Gasteiger partial charge in [-0.2, -0.15) is 0 Å². The van der Waals surface area contributed by atoms with Gasteiger partial charge < -0.3 is 9.47 Å². The molecule has 1 aromatic heterocycles. The number of hydrogen-bond acceptors (Lipinski definition) is 6. The van der Waals surface area contributed by atoms with E-state index in [0.29, 0.717) is 22.8 Å². The molecule has 0 unspecified atom stereocenters. The van der Waals surface area contributed by atoms with Gasteiger partial charge in [-0.15, -0.1) is 0 Å². The van der Waals surface area contributed by atoms with Gasteiger partial charge in [0.05, 0.1) is 12.7 Å². The Hall–Kier alpha value is -2.86. The second-order valence-electron chi connectivity index (χ2n) is 5.96. The van der Waals surface area contributed by atoms with Crippen LogP contribution in [0.25, 0.3) is 0 Å². The van der Waals surface area contributed by atoms with Gasteiger partial charge in [-0.3, -0.25) is 0 Å². The van der Waals surface area contributed by atoms with Crippen molar-refractivity contribution in [2.75, 3.05) is 7.11 Å². The molecule has 138 valence electrons. The highest BCUT2D eigenvalue weighted by atomic mass is 32.2. The second kappa shape index (κ2) is 8.68. The molecule has 0 aliphatic rings. The predicted molar refractivity (Wildman–Crippen MR) is 105 cm³/mol. The lowest BCUT2D eigenvalue weighted by atomic mass is 10.2. The Labute approximate surface area is 162 Å². The molecule has 0 atom stereocenters. The summed E-state index contributed by atoms with van der Waals surface area (Å²) in [6.45, 7) is 3.91. The fourth-order valence-corrected chi connectivity index (χ4v) is 3.42. The topological polar surface area (TPSA) is 61.3 Å². The van der Waals surface area contributed by atoms with Crippen molar-refractivity contribution in [3.05, 3.63) is 77.1 Å². The number of rotatable bonds is 6. The third kappa shape index (κ3) is 5.08. The first-order valence-corrected chi connectivity index (χ1v) is 9.43. The van der Waals surface area contributed by atoms with E-state index in [-0.39, 0.29) is 0 Å². The summed E-state index contributed by atoms with van der Waals surface area (Å²) in [7, 11) is 1.55. The third-order valence-corrected chi connectivity index (χ3v) is 4.69. The minimum atomic E-state index is -0.417. The molecule has 0 spiro atoms. The molecule has 0 bridgehead atoms.